The Morgan fingerprint density at radius 1 is 1.08 bits per heavy atom. The second kappa shape index (κ2) is 10.9. The number of nitrogens with zero attached hydrogens (tertiary/aromatic N) is 2. The van der Waals surface area contributed by atoms with Crippen LogP contribution in [0.2, 0.25) is 0 Å². The van der Waals surface area contributed by atoms with E-state index in [1.807, 2.05) is 48.5 Å². The summed E-state index contributed by atoms with van der Waals surface area (Å²) in [4.78, 5) is 42.4. The second-order valence-electron chi connectivity index (χ2n) is 8.91. The fraction of sp³-hybridized carbons (Fsp3) is 0.308. The van der Waals surface area contributed by atoms with Crippen molar-refractivity contribution in [1.29, 1.82) is 0 Å². The number of aliphatic carboxylic acids is 1. The van der Waals surface area contributed by atoms with Gasteiger partial charge in [0.15, 0.2) is 0 Å². The predicted molar refractivity (Wildman–Crippen MR) is 131 cm³/mol. The SMILES string of the molecule is O=C(Cn1ccc2ccccc2c1=O)NC1CCCC(c2nc3ccccc3[nH]2)C1.O=C(O)C(F)(F)F. The maximum atomic E-state index is 12.7. The molecule has 1 fully saturated rings. The molecule has 2 unspecified atom stereocenters. The molecule has 0 radical (unpaired) electrons. The Labute approximate surface area is 209 Å². The number of aromatic amines is 1. The summed E-state index contributed by atoms with van der Waals surface area (Å²) in [5.41, 5.74) is 1.90. The van der Waals surface area contributed by atoms with E-state index in [-0.39, 0.29) is 24.1 Å². The molecule has 2 heterocycles. The molecular weight excluding hydrogens is 489 g/mol. The molecule has 194 valence electrons. The summed E-state index contributed by atoms with van der Waals surface area (Å²) in [6.07, 6.45) is 0.536. The minimum Gasteiger partial charge on any atom is -0.475 e. The van der Waals surface area contributed by atoms with Crippen molar-refractivity contribution in [3.05, 3.63) is 77.0 Å². The highest BCUT2D eigenvalue weighted by molar-refractivity contribution is 5.82. The number of hydrogen-bond acceptors (Lipinski definition) is 4. The third-order valence-corrected chi connectivity index (χ3v) is 6.28. The van der Waals surface area contributed by atoms with Crippen LogP contribution in [0.4, 0.5) is 13.2 Å². The van der Waals surface area contributed by atoms with Gasteiger partial charge in [-0.05, 0) is 48.9 Å². The molecule has 0 aliphatic heterocycles. The van der Waals surface area contributed by atoms with Crippen molar-refractivity contribution in [2.24, 2.45) is 0 Å². The fourth-order valence-corrected chi connectivity index (χ4v) is 4.52. The number of alkyl halides is 3. The Balaban J connectivity index is 0.000000405. The smallest absolute Gasteiger partial charge is 0.475 e. The zero-order valence-corrected chi connectivity index (χ0v) is 19.7. The number of fused-ring (bicyclic) bond motifs is 2. The van der Waals surface area contributed by atoms with Gasteiger partial charge in [0.05, 0.1) is 11.0 Å². The van der Waals surface area contributed by atoms with E-state index < -0.39 is 12.1 Å². The molecule has 5 rings (SSSR count). The van der Waals surface area contributed by atoms with Crippen molar-refractivity contribution in [2.45, 2.75) is 50.4 Å². The number of imidazole rings is 1. The number of hydrogen-bond donors (Lipinski definition) is 3. The maximum Gasteiger partial charge on any atom is 0.490 e. The quantitative estimate of drug-likeness (QED) is 0.374. The first kappa shape index (κ1) is 25.9. The lowest BCUT2D eigenvalue weighted by Crippen LogP contribution is -2.41. The molecule has 0 bridgehead atoms. The predicted octanol–water partition coefficient (Wildman–Crippen LogP) is 4.35. The van der Waals surface area contributed by atoms with Crippen LogP contribution in [-0.2, 0) is 16.1 Å². The number of halogens is 3. The summed E-state index contributed by atoms with van der Waals surface area (Å²) in [5.74, 6) is -1.57. The number of amides is 1. The van der Waals surface area contributed by atoms with E-state index in [0.29, 0.717) is 11.3 Å². The van der Waals surface area contributed by atoms with Crippen LogP contribution in [0.1, 0.15) is 37.4 Å². The standard InChI is InChI=1S/C24H24N4O2.C2HF3O2/c29-22(15-28-13-12-16-6-1-2-9-19(16)24(28)30)25-18-8-5-7-17(14-18)23-26-20-10-3-4-11-21(20)27-23;3-2(4,5)1(6)7/h1-4,6,9-13,17-18H,5,7-8,14-15H2,(H,25,29)(H,26,27);(H,6,7). The van der Waals surface area contributed by atoms with E-state index in [0.717, 1.165) is 47.9 Å². The number of carboxylic acid groups (broad SMARTS) is 1. The fourth-order valence-electron chi connectivity index (χ4n) is 4.52. The molecule has 4 aromatic rings. The number of carboxylic acids is 1. The van der Waals surface area contributed by atoms with Gasteiger partial charge in [-0.3, -0.25) is 9.59 Å². The summed E-state index contributed by atoms with van der Waals surface area (Å²) in [5, 5.41) is 11.8. The van der Waals surface area contributed by atoms with Crippen molar-refractivity contribution >= 4 is 33.7 Å². The van der Waals surface area contributed by atoms with Crippen molar-refractivity contribution < 1.29 is 27.9 Å². The minimum absolute atomic E-state index is 0.0372. The molecule has 2 atom stereocenters. The summed E-state index contributed by atoms with van der Waals surface area (Å²) in [7, 11) is 0. The van der Waals surface area contributed by atoms with Crippen LogP contribution < -0.4 is 10.9 Å². The molecule has 37 heavy (non-hydrogen) atoms. The molecule has 1 aliphatic carbocycles. The summed E-state index contributed by atoms with van der Waals surface area (Å²) in [6, 6.07) is 17.5. The van der Waals surface area contributed by atoms with Gasteiger partial charge in [0.2, 0.25) is 5.91 Å². The van der Waals surface area contributed by atoms with Crippen LogP contribution in [0, 0.1) is 0 Å². The summed E-state index contributed by atoms with van der Waals surface area (Å²) >= 11 is 0. The van der Waals surface area contributed by atoms with E-state index in [4.69, 9.17) is 14.9 Å². The molecule has 1 amide bonds. The first-order valence-electron chi connectivity index (χ1n) is 11.7. The van der Waals surface area contributed by atoms with Crippen LogP contribution in [-0.4, -0.2) is 43.7 Å². The number of aromatic nitrogens is 3. The Morgan fingerprint density at radius 2 is 1.78 bits per heavy atom. The van der Waals surface area contributed by atoms with Crippen LogP contribution in [0.15, 0.2) is 65.6 Å². The van der Waals surface area contributed by atoms with Crippen molar-refractivity contribution in [3.8, 4) is 0 Å². The highest BCUT2D eigenvalue weighted by atomic mass is 19.4. The average molecular weight is 515 g/mol. The number of carbonyl (C=O) groups excluding carboxylic acids is 1. The van der Waals surface area contributed by atoms with Crippen LogP contribution in [0.25, 0.3) is 21.8 Å². The number of H-pyrrole nitrogens is 1. The largest absolute Gasteiger partial charge is 0.490 e. The molecule has 1 aliphatic rings. The third kappa shape index (κ3) is 6.35. The molecular formula is C26H25F3N4O4. The van der Waals surface area contributed by atoms with Crippen molar-refractivity contribution in [3.63, 3.8) is 0 Å². The molecule has 0 saturated heterocycles. The van der Waals surface area contributed by atoms with Gasteiger partial charge < -0.3 is 20.0 Å². The average Bonchev–Trinajstić information content (AvgIpc) is 3.30. The first-order valence-corrected chi connectivity index (χ1v) is 11.7. The lowest BCUT2D eigenvalue weighted by Gasteiger charge is -2.28. The second-order valence-corrected chi connectivity index (χ2v) is 8.91. The minimum atomic E-state index is -5.08. The van der Waals surface area contributed by atoms with Gasteiger partial charge in [0.25, 0.3) is 5.56 Å². The molecule has 11 heteroatoms. The monoisotopic (exact) mass is 514 g/mol. The molecule has 0 spiro atoms. The Kier molecular flexibility index (Phi) is 7.61. The first-order chi connectivity index (χ1) is 17.6. The highest BCUT2D eigenvalue weighted by Crippen LogP contribution is 2.32. The van der Waals surface area contributed by atoms with Gasteiger partial charge in [-0.2, -0.15) is 13.2 Å². The number of para-hydroxylation sites is 2. The van der Waals surface area contributed by atoms with Gasteiger partial charge in [-0.15, -0.1) is 0 Å². The number of rotatable bonds is 4. The lowest BCUT2D eigenvalue weighted by molar-refractivity contribution is -0.192. The zero-order valence-electron chi connectivity index (χ0n) is 19.7. The lowest BCUT2D eigenvalue weighted by atomic mass is 9.85. The summed E-state index contributed by atoms with van der Waals surface area (Å²) < 4.78 is 33.2. The Hall–Kier alpha value is -4.15. The number of nitrogens with one attached hydrogen (secondary N) is 2. The van der Waals surface area contributed by atoms with Crippen molar-refractivity contribution in [2.75, 3.05) is 0 Å². The zero-order chi connectivity index (χ0) is 26.6. The molecule has 2 aromatic carbocycles. The van der Waals surface area contributed by atoms with Crippen LogP contribution in [0.3, 0.4) is 0 Å². The van der Waals surface area contributed by atoms with Gasteiger partial charge in [0.1, 0.15) is 12.4 Å². The number of pyridine rings is 1. The van der Waals surface area contributed by atoms with Gasteiger partial charge in [0, 0.05) is 23.5 Å². The topological polar surface area (TPSA) is 117 Å². The molecule has 1 saturated carbocycles. The number of benzene rings is 2. The van der Waals surface area contributed by atoms with Crippen molar-refractivity contribution in [1.82, 2.24) is 19.9 Å². The van der Waals surface area contributed by atoms with E-state index in [1.165, 1.54) is 4.57 Å². The molecule has 3 N–H and O–H groups in total. The Morgan fingerprint density at radius 3 is 2.51 bits per heavy atom. The van der Waals surface area contributed by atoms with Gasteiger partial charge in [-0.25, -0.2) is 9.78 Å². The van der Waals surface area contributed by atoms with E-state index in [9.17, 15) is 22.8 Å². The third-order valence-electron chi connectivity index (χ3n) is 6.28. The summed E-state index contributed by atoms with van der Waals surface area (Å²) in [6.45, 7) is 0.0372. The normalized spacial score (nSPS) is 17.7. The van der Waals surface area contributed by atoms with E-state index in [2.05, 4.69) is 10.3 Å². The molecule has 2 aromatic heterocycles. The maximum absolute atomic E-state index is 12.7. The van der Waals surface area contributed by atoms with E-state index in [1.54, 1.807) is 12.3 Å². The highest BCUT2D eigenvalue weighted by Gasteiger charge is 2.38. The Bertz CT molecular complexity index is 1440. The van der Waals surface area contributed by atoms with Gasteiger partial charge >= 0.3 is 12.1 Å². The number of carbonyl (C=O) groups is 2. The van der Waals surface area contributed by atoms with E-state index >= 15 is 0 Å². The van der Waals surface area contributed by atoms with Crippen LogP contribution >= 0.6 is 0 Å². The van der Waals surface area contributed by atoms with Crippen LogP contribution in [0.5, 0.6) is 0 Å². The molecule has 8 nitrogen and oxygen atoms in total. The van der Waals surface area contributed by atoms with Gasteiger partial charge in [-0.1, -0.05) is 36.8 Å².